The largest absolute Gasteiger partial charge is 0.388 e. The molecule has 0 radical (unpaired) electrons. The molecule has 112 valence electrons. The molecule has 0 fully saturated rings. The Morgan fingerprint density at radius 2 is 1.95 bits per heavy atom. The Labute approximate surface area is 126 Å². The van der Waals surface area contributed by atoms with Gasteiger partial charge in [-0.2, -0.15) is 5.10 Å². The number of nitrogens with one attached hydrogen (secondary N) is 2. The maximum absolute atomic E-state index is 5.48. The second-order valence-corrected chi connectivity index (χ2v) is 4.69. The average Bonchev–Trinajstić information content (AvgIpc) is 2.99. The number of benzene rings is 2. The van der Waals surface area contributed by atoms with Gasteiger partial charge in [0.05, 0.1) is 5.39 Å². The lowest BCUT2D eigenvalue weighted by molar-refractivity contribution is 0.441. The molecule has 0 saturated heterocycles. The number of amidine groups is 1. The zero-order valence-electron chi connectivity index (χ0n) is 12.0. The van der Waals surface area contributed by atoms with E-state index in [0.717, 1.165) is 27.7 Å². The van der Waals surface area contributed by atoms with Gasteiger partial charge in [-0.3, -0.25) is 0 Å². The van der Waals surface area contributed by atoms with Crippen molar-refractivity contribution in [1.29, 1.82) is 0 Å². The van der Waals surface area contributed by atoms with Crippen LogP contribution in [0, 0.1) is 0 Å². The quantitative estimate of drug-likeness (QED) is 0.253. The van der Waals surface area contributed by atoms with Gasteiger partial charge in [-0.05, 0) is 42.5 Å². The van der Waals surface area contributed by atoms with Crippen LogP contribution in [0.1, 0.15) is 5.56 Å². The molecule has 0 aliphatic rings. The van der Waals surface area contributed by atoms with Crippen molar-refractivity contribution in [3.8, 4) is 11.3 Å². The third kappa shape index (κ3) is 2.33. The predicted octanol–water partition coefficient (Wildman–Crippen LogP) is 1.62. The van der Waals surface area contributed by atoms with E-state index in [4.69, 9.17) is 16.2 Å². The van der Waals surface area contributed by atoms with Gasteiger partial charge in [-0.1, -0.05) is 5.16 Å². The minimum absolute atomic E-state index is 0.389. The van der Waals surface area contributed by atoms with Crippen molar-refractivity contribution in [1.82, 2.24) is 10.6 Å². The van der Waals surface area contributed by atoms with Gasteiger partial charge >= 0.3 is 0 Å². The summed E-state index contributed by atoms with van der Waals surface area (Å²) in [6, 6.07) is 13.4. The highest BCUT2D eigenvalue weighted by molar-refractivity contribution is 6.03. The lowest BCUT2D eigenvalue weighted by Crippen LogP contribution is -2.31. The highest BCUT2D eigenvalue weighted by atomic mass is 16.5. The maximum atomic E-state index is 5.48. The Hall–Kier alpha value is -3.06. The standard InChI is InChI=1S/C15H16N6O/c1-18-11-5-2-9(3-6-11)14-12-8-10(15(19-16)20-17)4-7-13(12)21-22-14/h2-8,18H,16-17H2,1H3,(H,19,20). The zero-order valence-corrected chi connectivity index (χ0v) is 12.0. The number of anilines is 1. The molecule has 0 amide bonds. The van der Waals surface area contributed by atoms with Gasteiger partial charge in [0, 0.05) is 23.9 Å². The molecule has 0 aliphatic heterocycles. The van der Waals surface area contributed by atoms with Gasteiger partial charge in [-0.15, -0.1) is 0 Å². The summed E-state index contributed by atoms with van der Waals surface area (Å²) in [5, 5.41) is 11.6. The number of hydrogen-bond acceptors (Lipinski definition) is 6. The molecule has 2 aromatic carbocycles. The monoisotopic (exact) mass is 296 g/mol. The van der Waals surface area contributed by atoms with Crippen molar-refractivity contribution in [3.05, 3.63) is 48.0 Å². The molecule has 1 heterocycles. The molecule has 0 atom stereocenters. The van der Waals surface area contributed by atoms with E-state index in [9.17, 15) is 0 Å². The smallest absolute Gasteiger partial charge is 0.174 e. The maximum Gasteiger partial charge on any atom is 0.174 e. The van der Waals surface area contributed by atoms with Crippen molar-refractivity contribution in [2.24, 2.45) is 16.8 Å². The van der Waals surface area contributed by atoms with Crippen LogP contribution in [-0.4, -0.2) is 18.0 Å². The molecular formula is C15H16N6O. The molecule has 7 heteroatoms. The van der Waals surface area contributed by atoms with Crippen LogP contribution in [0.3, 0.4) is 0 Å². The lowest BCUT2D eigenvalue weighted by Gasteiger charge is -2.04. The number of hydrazine groups is 1. The number of nitrogens with two attached hydrogens (primary N) is 2. The molecule has 0 aliphatic carbocycles. The number of fused-ring (bicyclic) bond motifs is 1. The van der Waals surface area contributed by atoms with Crippen LogP contribution >= 0.6 is 0 Å². The van der Waals surface area contributed by atoms with E-state index in [1.807, 2.05) is 49.5 Å². The van der Waals surface area contributed by atoms with Crippen LogP contribution in [0.5, 0.6) is 0 Å². The molecule has 3 rings (SSSR count). The number of nitrogens with zero attached hydrogens (tertiary/aromatic N) is 2. The molecule has 3 aromatic rings. The molecule has 0 unspecified atom stereocenters. The van der Waals surface area contributed by atoms with Gasteiger partial charge in [0.1, 0.15) is 5.52 Å². The molecule has 0 saturated carbocycles. The normalized spacial score (nSPS) is 11.6. The van der Waals surface area contributed by atoms with Crippen molar-refractivity contribution in [2.45, 2.75) is 0 Å². The summed E-state index contributed by atoms with van der Waals surface area (Å²) >= 11 is 0. The highest BCUT2D eigenvalue weighted by Gasteiger charge is 2.13. The van der Waals surface area contributed by atoms with Crippen molar-refractivity contribution >= 4 is 22.4 Å². The molecule has 6 N–H and O–H groups in total. The topological polar surface area (TPSA) is 114 Å². The average molecular weight is 296 g/mol. The van der Waals surface area contributed by atoms with Gasteiger partial charge in [-0.25, -0.2) is 5.84 Å². The molecule has 1 aromatic heterocycles. The van der Waals surface area contributed by atoms with Crippen molar-refractivity contribution in [2.75, 3.05) is 12.4 Å². The Morgan fingerprint density at radius 3 is 2.59 bits per heavy atom. The minimum atomic E-state index is 0.389. The fourth-order valence-electron chi connectivity index (χ4n) is 2.28. The van der Waals surface area contributed by atoms with Gasteiger partial charge in [0.2, 0.25) is 0 Å². The van der Waals surface area contributed by atoms with Crippen LogP contribution < -0.4 is 22.4 Å². The van der Waals surface area contributed by atoms with Crippen molar-refractivity contribution in [3.63, 3.8) is 0 Å². The van der Waals surface area contributed by atoms with Crippen LogP contribution in [-0.2, 0) is 0 Å². The van der Waals surface area contributed by atoms with E-state index in [1.165, 1.54) is 0 Å². The van der Waals surface area contributed by atoms with Crippen LogP contribution in [0.2, 0.25) is 0 Å². The Kier molecular flexibility index (Phi) is 3.63. The summed E-state index contributed by atoms with van der Waals surface area (Å²) in [7, 11) is 1.87. The number of hydrazone groups is 1. The first-order valence-electron chi connectivity index (χ1n) is 6.69. The van der Waals surface area contributed by atoms with E-state index in [0.29, 0.717) is 11.6 Å². The van der Waals surface area contributed by atoms with Crippen LogP contribution in [0.15, 0.2) is 52.1 Å². The fourth-order valence-corrected chi connectivity index (χ4v) is 2.28. The molecule has 0 bridgehead atoms. The summed E-state index contributed by atoms with van der Waals surface area (Å²) in [6.07, 6.45) is 0. The van der Waals surface area contributed by atoms with Gasteiger partial charge < -0.3 is 21.1 Å². The summed E-state index contributed by atoms with van der Waals surface area (Å²) < 4.78 is 5.48. The summed E-state index contributed by atoms with van der Waals surface area (Å²) in [5.41, 5.74) is 5.94. The summed E-state index contributed by atoms with van der Waals surface area (Å²) in [6.45, 7) is 0. The second kappa shape index (κ2) is 5.74. The molecular weight excluding hydrogens is 280 g/mol. The molecule has 7 nitrogen and oxygen atoms in total. The van der Waals surface area contributed by atoms with Crippen molar-refractivity contribution < 1.29 is 4.52 Å². The Balaban J connectivity index is 2.11. The first-order valence-corrected chi connectivity index (χ1v) is 6.69. The lowest BCUT2D eigenvalue weighted by atomic mass is 10.1. The van der Waals surface area contributed by atoms with Crippen LogP contribution in [0.25, 0.3) is 22.2 Å². The Bertz CT molecular complexity index is 822. The second-order valence-electron chi connectivity index (χ2n) is 4.69. The third-order valence-corrected chi connectivity index (χ3v) is 3.45. The first kappa shape index (κ1) is 13.9. The van der Waals surface area contributed by atoms with E-state index >= 15 is 0 Å². The highest BCUT2D eigenvalue weighted by Crippen LogP contribution is 2.30. The predicted molar refractivity (Wildman–Crippen MR) is 87.0 cm³/mol. The third-order valence-electron chi connectivity index (χ3n) is 3.45. The molecule has 22 heavy (non-hydrogen) atoms. The van der Waals surface area contributed by atoms with E-state index in [-0.39, 0.29) is 0 Å². The summed E-state index contributed by atoms with van der Waals surface area (Å²) in [4.78, 5) is 0. The number of aromatic nitrogens is 1. The summed E-state index contributed by atoms with van der Waals surface area (Å²) in [5.74, 6) is 11.8. The number of hydrogen-bond donors (Lipinski definition) is 4. The minimum Gasteiger partial charge on any atom is -0.388 e. The van der Waals surface area contributed by atoms with Gasteiger partial charge in [0.25, 0.3) is 0 Å². The Morgan fingerprint density at radius 1 is 1.18 bits per heavy atom. The molecule has 0 spiro atoms. The fraction of sp³-hybridized carbons (Fsp3) is 0.0667. The van der Waals surface area contributed by atoms with E-state index in [2.05, 4.69) is 21.0 Å². The van der Waals surface area contributed by atoms with E-state index in [1.54, 1.807) is 0 Å². The zero-order chi connectivity index (χ0) is 15.5. The SMILES string of the molecule is CNc1ccc(-c2onc3ccc(/C(=N/N)NN)cc23)cc1. The first-order chi connectivity index (χ1) is 10.8. The van der Waals surface area contributed by atoms with E-state index < -0.39 is 0 Å². The van der Waals surface area contributed by atoms with Gasteiger partial charge in [0.15, 0.2) is 11.6 Å². The number of rotatable bonds is 3. The van der Waals surface area contributed by atoms with Crippen LogP contribution in [0.4, 0.5) is 5.69 Å².